The Labute approximate surface area is 146 Å². The van der Waals surface area contributed by atoms with Crippen LogP contribution in [0.5, 0.6) is 0 Å². The smallest absolute Gasteiger partial charge is 0.269 e. The maximum atomic E-state index is 12.1. The van der Waals surface area contributed by atoms with Crippen molar-refractivity contribution in [3.05, 3.63) is 71.3 Å². The number of hydrazine groups is 1. The SMILES string of the molecule is CC(C)c1ccc(C(=O)NC(=S)NNC(=O)c2ccccc2)cc1. The van der Waals surface area contributed by atoms with Gasteiger partial charge in [-0.25, -0.2) is 0 Å². The van der Waals surface area contributed by atoms with E-state index < -0.39 is 0 Å². The van der Waals surface area contributed by atoms with Crippen LogP contribution < -0.4 is 16.2 Å². The Balaban J connectivity index is 1.85. The van der Waals surface area contributed by atoms with Crippen LogP contribution in [-0.4, -0.2) is 16.9 Å². The van der Waals surface area contributed by atoms with Crippen molar-refractivity contribution < 1.29 is 9.59 Å². The van der Waals surface area contributed by atoms with Crippen molar-refractivity contribution in [3.8, 4) is 0 Å². The van der Waals surface area contributed by atoms with Crippen LogP contribution in [-0.2, 0) is 0 Å². The predicted molar refractivity (Wildman–Crippen MR) is 97.6 cm³/mol. The molecule has 0 aliphatic heterocycles. The van der Waals surface area contributed by atoms with Gasteiger partial charge >= 0.3 is 0 Å². The summed E-state index contributed by atoms with van der Waals surface area (Å²) in [4.78, 5) is 24.0. The number of nitrogens with one attached hydrogen (secondary N) is 3. The Morgan fingerprint density at radius 3 is 2.00 bits per heavy atom. The molecule has 124 valence electrons. The molecule has 0 atom stereocenters. The van der Waals surface area contributed by atoms with Gasteiger partial charge in [-0.15, -0.1) is 0 Å². The highest BCUT2D eigenvalue weighted by Crippen LogP contribution is 2.14. The van der Waals surface area contributed by atoms with Gasteiger partial charge in [0, 0.05) is 11.1 Å². The quantitative estimate of drug-likeness (QED) is 0.593. The largest absolute Gasteiger partial charge is 0.298 e. The minimum atomic E-state index is -0.339. The van der Waals surface area contributed by atoms with Gasteiger partial charge in [0.25, 0.3) is 11.8 Å². The third kappa shape index (κ3) is 4.89. The van der Waals surface area contributed by atoms with Gasteiger partial charge in [0.15, 0.2) is 5.11 Å². The summed E-state index contributed by atoms with van der Waals surface area (Å²) in [5.41, 5.74) is 7.09. The molecule has 0 saturated heterocycles. The first-order valence-electron chi connectivity index (χ1n) is 7.54. The van der Waals surface area contributed by atoms with Crippen LogP contribution >= 0.6 is 12.2 Å². The molecule has 0 fully saturated rings. The van der Waals surface area contributed by atoms with Crippen LogP contribution in [0.2, 0.25) is 0 Å². The van der Waals surface area contributed by atoms with Crippen LogP contribution in [0, 0.1) is 0 Å². The standard InChI is InChI=1S/C18H19N3O2S/c1-12(2)13-8-10-15(11-9-13)16(22)19-18(24)21-20-17(23)14-6-4-3-5-7-14/h3-12H,1-2H3,(H,20,23)(H2,19,21,22,24). The number of hydrogen-bond acceptors (Lipinski definition) is 3. The van der Waals surface area contributed by atoms with Crippen molar-refractivity contribution in [2.24, 2.45) is 0 Å². The summed E-state index contributed by atoms with van der Waals surface area (Å²) in [5.74, 6) is -0.275. The van der Waals surface area contributed by atoms with E-state index in [0.717, 1.165) is 5.56 Å². The molecule has 5 nitrogen and oxygen atoms in total. The maximum Gasteiger partial charge on any atom is 0.269 e. The van der Waals surface area contributed by atoms with Gasteiger partial charge in [-0.2, -0.15) is 0 Å². The summed E-state index contributed by atoms with van der Waals surface area (Å²) in [6.45, 7) is 4.17. The molecule has 0 aromatic heterocycles. The fraction of sp³-hybridized carbons (Fsp3) is 0.167. The van der Waals surface area contributed by atoms with Crippen molar-refractivity contribution in [2.75, 3.05) is 0 Å². The Morgan fingerprint density at radius 2 is 1.42 bits per heavy atom. The second kappa shape index (κ2) is 8.21. The molecule has 0 heterocycles. The second-order valence-electron chi connectivity index (χ2n) is 5.51. The zero-order chi connectivity index (χ0) is 17.5. The van der Waals surface area contributed by atoms with Crippen LogP contribution in [0.15, 0.2) is 54.6 Å². The molecule has 2 rings (SSSR count). The third-order valence-electron chi connectivity index (χ3n) is 3.39. The highest BCUT2D eigenvalue weighted by atomic mass is 32.1. The lowest BCUT2D eigenvalue weighted by molar-refractivity contribution is 0.0934. The van der Waals surface area contributed by atoms with E-state index in [0.29, 0.717) is 17.0 Å². The van der Waals surface area contributed by atoms with E-state index >= 15 is 0 Å². The van der Waals surface area contributed by atoms with Gasteiger partial charge < -0.3 is 0 Å². The molecule has 0 bridgehead atoms. The average Bonchev–Trinajstić information content (AvgIpc) is 2.60. The van der Waals surface area contributed by atoms with E-state index in [9.17, 15) is 9.59 Å². The zero-order valence-corrected chi connectivity index (χ0v) is 14.3. The molecule has 2 amide bonds. The fourth-order valence-electron chi connectivity index (χ4n) is 2.00. The summed E-state index contributed by atoms with van der Waals surface area (Å²) in [5, 5.41) is 2.54. The number of thiocarbonyl (C=S) groups is 1. The van der Waals surface area contributed by atoms with Crippen LogP contribution in [0.3, 0.4) is 0 Å². The van der Waals surface area contributed by atoms with Crippen LogP contribution in [0.25, 0.3) is 0 Å². The summed E-state index contributed by atoms with van der Waals surface area (Å²) < 4.78 is 0. The first-order chi connectivity index (χ1) is 11.5. The highest BCUT2D eigenvalue weighted by Gasteiger charge is 2.10. The summed E-state index contributed by atoms with van der Waals surface area (Å²) in [7, 11) is 0. The van der Waals surface area contributed by atoms with E-state index in [4.69, 9.17) is 12.2 Å². The van der Waals surface area contributed by atoms with Gasteiger partial charge in [-0.3, -0.25) is 25.8 Å². The molecule has 2 aromatic rings. The van der Waals surface area contributed by atoms with Crippen molar-refractivity contribution >= 4 is 29.1 Å². The Bertz CT molecular complexity index is 728. The lowest BCUT2D eigenvalue weighted by Gasteiger charge is -2.11. The Hall–Kier alpha value is -2.73. The number of carbonyl (C=O) groups excluding carboxylic acids is 2. The van der Waals surface area contributed by atoms with Crippen molar-refractivity contribution in [1.82, 2.24) is 16.2 Å². The summed E-state index contributed by atoms with van der Waals surface area (Å²) in [6, 6.07) is 16.0. The predicted octanol–water partition coefficient (Wildman–Crippen LogP) is 2.76. The molecule has 3 N–H and O–H groups in total. The van der Waals surface area contributed by atoms with E-state index in [1.54, 1.807) is 36.4 Å². The monoisotopic (exact) mass is 341 g/mol. The maximum absolute atomic E-state index is 12.1. The summed E-state index contributed by atoms with van der Waals surface area (Å²) in [6.07, 6.45) is 0. The molecular weight excluding hydrogens is 322 g/mol. The van der Waals surface area contributed by atoms with Gasteiger partial charge in [-0.1, -0.05) is 44.2 Å². The van der Waals surface area contributed by atoms with E-state index in [-0.39, 0.29) is 16.9 Å². The van der Waals surface area contributed by atoms with Crippen LogP contribution in [0.1, 0.15) is 46.0 Å². The lowest BCUT2D eigenvalue weighted by Crippen LogP contribution is -2.48. The molecule has 0 aliphatic carbocycles. The zero-order valence-electron chi connectivity index (χ0n) is 13.5. The van der Waals surface area contributed by atoms with E-state index in [2.05, 4.69) is 30.0 Å². The van der Waals surface area contributed by atoms with Crippen LogP contribution in [0.4, 0.5) is 0 Å². The van der Waals surface area contributed by atoms with Gasteiger partial charge in [0.2, 0.25) is 0 Å². The minimum Gasteiger partial charge on any atom is -0.298 e. The van der Waals surface area contributed by atoms with E-state index in [1.165, 1.54) is 0 Å². The molecular formula is C18H19N3O2S. The lowest BCUT2D eigenvalue weighted by atomic mass is 10.0. The molecule has 2 aromatic carbocycles. The summed E-state index contributed by atoms with van der Waals surface area (Å²) >= 11 is 5.01. The second-order valence-corrected chi connectivity index (χ2v) is 5.91. The van der Waals surface area contributed by atoms with Gasteiger partial charge in [-0.05, 0) is 48.0 Å². The van der Waals surface area contributed by atoms with E-state index in [1.807, 2.05) is 18.2 Å². The Kier molecular flexibility index (Phi) is 6.03. The molecule has 0 saturated carbocycles. The first-order valence-corrected chi connectivity index (χ1v) is 7.95. The fourth-order valence-corrected chi connectivity index (χ4v) is 2.14. The molecule has 0 spiro atoms. The molecule has 6 heteroatoms. The average molecular weight is 341 g/mol. The molecule has 24 heavy (non-hydrogen) atoms. The number of carbonyl (C=O) groups is 2. The Morgan fingerprint density at radius 1 is 0.833 bits per heavy atom. The molecule has 0 unspecified atom stereocenters. The van der Waals surface area contributed by atoms with Crippen molar-refractivity contribution in [3.63, 3.8) is 0 Å². The highest BCUT2D eigenvalue weighted by molar-refractivity contribution is 7.80. The number of benzene rings is 2. The third-order valence-corrected chi connectivity index (χ3v) is 3.60. The number of rotatable bonds is 3. The molecule has 0 aliphatic rings. The topological polar surface area (TPSA) is 70.2 Å². The number of amides is 2. The van der Waals surface area contributed by atoms with Crippen molar-refractivity contribution in [2.45, 2.75) is 19.8 Å². The van der Waals surface area contributed by atoms with Gasteiger partial charge in [0.05, 0.1) is 0 Å². The van der Waals surface area contributed by atoms with Gasteiger partial charge in [0.1, 0.15) is 0 Å². The normalized spacial score (nSPS) is 10.1. The van der Waals surface area contributed by atoms with Crippen molar-refractivity contribution in [1.29, 1.82) is 0 Å². The first kappa shape index (κ1) is 17.6. The molecule has 0 radical (unpaired) electrons. The number of hydrogen-bond donors (Lipinski definition) is 3. The minimum absolute atomic E-state index is 0.0252.